The fourth-order valence-electron chi connectivity index (χ4n) is 2.76. The van der Waals surface area contributed by atoms with Crippen molar-refractivity contribution < 1.29 is 4.74 Å². The van der Waals surface area contributed by atoms with Crippen LogP contribution in [0.1, 0.15) is 46.0 Å². The molecule has 1 saturated heterocycles. The Balaban J connectivity index is 1.69. The van der Waals surface area contributed by atoms with Gasteiger partial charge in [-0.05, 0) is 25.7 Å². The molecular weight excluding hydrogens is 186 g/mol. The second-order valence-corrected chi connectivity index (χ2v) is 5.87. The first-order valence-electron chi connectivity index (χ1n) is 6.51. The van der Waals surface area contributed by atoms with Crippen molar-refractivity contribution in [1.29, 1.82) is 0 Å². The highest BCUT2D eigenvalue weighted by Crippen LogP contribution is 2.28. The Kier molecular flexibility index (Phi) is 3.68. The van der Waals surface area contributed by atoms with E-state index >= 15 is 0 Å². The maximum atomic E-state index is 5.28. The predicted molar refractivity (Wildman–Crippen MR) is 63.0 cm³/mol. The average molecular weight is 211 g/mol. The minimum Gasteiger partial charge on any atom is -0.380 e. The van der Waals surface area contributed by atoms with Crippen LogP contribution in [0, 0.1) is 11.3 Å². The summed E-state index contributed by atoms with van der Waals surface area (Å²) >= 11 is 0. The van der Waals surface area contributed by atoms with Gasteiger partial charge < -0.3 is 10.1 Å². The van der Waals surface area contributed by atoms with Crippen LogP contribution in [0.15, 0.2) is 0 Å². The Labute approximate surface area is 93.8 Å². The highest BCUT2D eigenvalue weighted by atomic mass is 16.5. The van der Waals surface area contributed by atoms with Crippen LogP contribution in [-0.2, 0) is 4.74 Å². The molecule has 0 amide bonds. The molecule has 1 heterocycles. The van der Waals surface area contributed by atoms with E-state index in [9.17, 15) is 0 Å². The molecule has 2 nitrogen and oxygen atoms in total. The zero-order chi connectivity index (χ0) is 10.7. The molecule has 0 aromatic carbocycles. The van der Waals surface area contributed by atoms with Crippen molar-refractivity contribution in [2.24, 2.45) is 11.3 Å². The molecule has 15 heavy (non-hydrogen) atoms. The van der Waals surface area contributed by atoms with E-state index < -0.39 is 0 Å². The molecule has 88 valence electrons. The maximum absolute atomic E-state index is 5.28. The average Bonchev–Trinajstić information content (AvgIpc) is 2.24. The fourth-order valence-corrected chi connectivity index (χ4v) is 2.76. The van der Waals surface area contributed by atoms with E-state index in [0.717, 1.165) is 25.7 Å². The lowest BCUT2D eigenvalue weighted by Crippen LogP contribution is -2.50. The Bertz CT molecular complexity index is 195. The summed E-state index contributed by atoms with van der Waals surface area (Å²) in [5, 5.41) is 3.71. The summed E-state index contributed by atoms with van der Waals surface area (Å²) in [5.41, 5.74) is 0.420. The molecule has 0 bridgehead atoms. The highest BCUT2D eigenvalue weighted by molar-refractivity contribution is 4.85. The van der Waals surface area contributed by atoms with Gasteiger partial charge in [0, 0.05) is 18.0 Å². The van der Waals surface area contributed by atoms with Gasteiger partial charge in [-0.3, -0.25) is 0 Å². The first kappa shape index (κ1) is 11.4. The van der Waals surface area contributed by atoms with Gasteiger partial charge in [-0.1, -0.05) is 26.2 Å². The Morgan fingerprint density at radius 3 is 2.47 bits per heavy atom. The third-order valence-electron chi connectivity index (χ3n) is 4.11. The van der Waals surface area contributed by atoms with Gasteiger partial charge in [0.25, 0.3) is 0 Å². The topological polar surface area (TPSA) is 21.3 Å². The van der Waals surface area contributed by atoms with E-state index in [4.69, 9.17) is 4.74 Å². The van der Waals surface area contributed by atoms with Crippen LogP contribution in [0.5, 0.6) is 0 Å². The van der Waals surface area contributed by atoms with Gasteiger partial charge in [0.2, 0.25) is 0 Å². The molecule has 0 aromatic heterocycles. The molecule has 2 rings (SSSR count). The lowest BCUT2D eigenvalue weighted by atomic mass is 9.83. The smallest absolute Gasteiger partial charge is 0.0554 e. The second-order valence-electron chi connectivity index (χ2n) is 5.87. The van der Waals surface area contributed by atoms with Crippen LogP contribution in [0.25, 0.3) is 0 Å². The fraction of sp³-hybridized carbons (Fsp3) is 1.00. The number of ether oxygens (including phenoxy) is 1. The minimum absolute atomic E-state index is 0.420. The van der Waals surface area contributed by atoms with E-state index in [2.05, 4.69) is 19.2 Å². The van der Waals surface area contributed by atoms with Crippen LogP contribution in [0.3, 0.4) is 0 Å². The van der Waals surface area contributed by atoms with Crippen LogP contribution < -0.4 is 5.32 Å². The SMILES string of the molecule is CC(NCC1(C)COC1)C1CCCCC1. The zero-order valence-corrected chi connectivity index (χ0v) is 10.2. The second kappa shape index (κ2) is 4.84. The molecule has 1 unspecified atom stereocenters. The van der Waals surface area contributed by atoms with Crippen LogP contribution in [0.2, 0.25) is 0 Å². The van der Waals surface area contributed by atoms with E-state index in [1.165, 1.54) is 32.1 Å². The van der Waals surface area contributed by atoms with Gasteiger partial charge in [-0.2, -0.15) is 0 Å². The van der Waals surface area contributed by atoms with E-state index in [1.54, 1.807) is 0 Å². The summed E-state index contributed by atoms with van der Waals surface area (Å²) in [6.45, 7) is 7.69. The van der Waals surface area contributed by atoms with E-state index in [-0.39, 0.29) is 0 Å². The number of hydrogen-bond donors (Lipinski definition) is 1. The van der Waals surface area contributed by atoms with Gasteiger partial charge in [0.1, 0.15) is 0 Å². The van der Waals surface area contributed by atoms with Crippen molar-refractivity contribution in [3.8, 4) is 0 Å². The van der Waals surface area contributed by atoms with Crippen LogP contribution >= 0.6 is 0 Å². The van der Waals surface area contributed by atoms with Gasteiger partial charge in [-0.25, -0.2) is 0 Å². The summed E-state index contributed by atoms with van der Waals surface area (Å²) in [6.07, 6.45) is 7.20. The lowest BCUT2D eigenvalue weighted by molar-refractivity contribution is -0.100. The summed E-state index contributed by atoms with van der Waals surface area (Å²) < 4.78 is 5.28. The van der Waals surface area contributed by atoms with Crippen LogP contribution in [-0.4, -0.2) is 25.8 Å². The van der Waals surface area contributed by atoms with Crippen molar-refractivity contribution in [1.82, 2.24) is 5.32 Å². The summed E-state index contributed by atoms with van der Waals surface area (Å²) in [5.74, 6) is 0.920. The molecule has 1 saturated carbocycles. The zero-order valence-electron chi connectivity index (χ0n) is 10.2. The van der Waals surface area contributed by atoms with Crippen molar-refractivity contribution in [3.05, 3.63) is 0 Å². The van der Waals surface area contributed by atoms with Gasteiger partial charge in [0.15, 0.2) is 0 Å². The summed E-state index contributed by atoms with van der Waals surface area (Å²) in [4.78, 5) is 0. The van der Waals surface area contributed by atoms with Gasteiger partial charge >= 0.3 is 0 Å². The maximum Gasteiger partial charge on any atom is 0.0554 e. The molecule has 1 N–H and O–H groups in total. The third-order valence-corrected chi connectivity index (χ3v) is 4.11. The third kappa shape index (κ3) is 2.94. The van der Waals surface area contributed by atoms with Crippen molar-refractivity contribution in [3.63, 3.8) is 0 Å². The Morgan fingerprint density at radius 2 is 1.93 bits per heavy atom. The number of hydrogen-bond acceptors (Lipinski definition) is 2. The standard InChI is InChI=1S/C13H25NO/c1-11(12-6-4-3-5-7-12)14-8-13(2)9-15-10-13/h11-12,14H,3-10H2,1-2H3. The van der Waals surface area contributed by atoms with Crippen LogP contribution in [0.4, 0.5) is 0 Å². The summed E-state index contributed by atoms with van der Waals surface area (Å²) in [7, 11) is 0. The number of rotatable bonds is 4. The Hall–Kier alpha value is -0.0800. The molecule has 1 atom stereocenters. The predicted octanol–water partition coefficient (Wildman–Crippen LogP) is 2.58. The molecule has 2 fully saturated rings. The largest absolute Gasteiger partial charge is 0.380 e. The monoisotopic (exact) mass is 211 g/mol. The van der Waals surface area contributed by atoms with Crippen molar-refractivity contribution >= 4 is 0 Å². The van der Waals surface area contributed by atoms with E-state index in [1.807, 2.05) is 0 Å². The first-order chi connectivity index (χ1) is 7.20. The molecule has 2 aliphatic rings. The first-order valence-corrected chi connectivity index (χ1v) is 6.51. The van der Waals surface area contributed by atoms with E-state index in [0.29, 0.717) is 11.5 Å². The lowest BCUT2D eigenvalue weighted by Gasteiger charge is -2.40. The molecule has 1 aliphatic heterocycles. The molecule has 1 aliphatic carbocycles. The minimum atomic E-state index is 0.420. The molecular formula is C13H25NO. The molecule has 0 aromatic rings. The molecule has 0 spiro atoms. The number of nitrogens with one attached hydrogen (secondary N) is 1. The normalized spacial score (nSPS) is 28.4. The highest BCUT2D eigenvalue weighted by Gasteiger charge is 2.33. The van der Waals surface area contributed by atoms with Gasteiger partial charge in [0.05, 0.1) is 13.2 Å². The van der Waals surface area contributed by atoms with Crippen molar-refractivity contribution in [2.45, 2.75) is 52.0 Å². The van der Waals surface area contributed by atoms with Crippen molar-refractivity contribution in [2.75, 3.05) is 19.8 Å². The Morgan fingerprint density at radius 1 is 1.27 bits per heavy atom. The van der Waals surface area contributed by atoms with Gasteiger partial charge in [-0.15, -0.1) is 0 Å². The molecule has 0 radical (unpaired) electrons. The molecule has 2 heteroatoms. The summed E-state index contributed by atoms with van der Waals surface area (Å²) in [6, 6.07) is 0.697. The quantitative estimate of drug-likeness (QED) is 0.771.